The minimum atomic E-state index is 0.184. The highest BCUT2D eigenvalue weighted by Gasteiger charge is 2.27. The Labute approximate surface area is 97.9 Å². The Morgan fingerprint density at radius 1 is 1.31 bits per heavy atom. The van der Waals surface area contributed by atoms with E-state index in [-0.39, 0.29) is 17.9 Å². The molecule has 1 amide bonds. The van der Waals surface area contributed by atoms with Crippen LogP contribution in [0.4, 0.5) is 0 Å². The topological polar surface area (TPSA) is 38.3 Å². The smallest absolute Gasteiger partial charge is 0.223 e. The number of hydrogen-bond acceptors (Lipinski definition) is 2. The lowest BCUT2D eigenvalue weighted by Gasteiger charge is -2.19. The molecular formula is C13H23NO2. The second-order valence-electron chi connectivity index (χ2n) is 5.21. The Morgan fingerprint density at radius 3 is 2.69 bits per heavy atom. The molecule has 0 aromatic carbocycles. The van der Waals surface area contributed by atoms with Gasteiger partial charge in [0.25, 0.3) is 0 Å². The van der Waals surface area contributed by atoms with Crippen molar-refractivity contribution < 1.29 is 9.53 Å². The lowest BCUT2D eigenvalue weighted by Crippen LogP contribution is -2.37. The fourth-order valence-electron chi connectivity index (χ4n) is 2.85. The molecule has 2 aliphatic rings. The van der Waals surface area contributed by atoms with Gasteiger partial charge in [-0.1, -0.05) is 19.8 Å². The van der Waals surface area contributed by atoms with Crippen LogP contribution in [0.25, 0.3) is 0 Å². The van der Waals surface area contributed by atoms with Crippen molar-refractivity contribution in [3.05, 3.63) is 0 Å². The quantitative estimate of drug-likeness (QED) is 0.795. The van der Waals surface area contributed by atoms with E-state index in [2.05, 4.69) is 12.2 Å². The average molecular weight is 225 g/mol. The first kappa shape index (κ1) is 11.9. The van der Waals surface area contributed by atoms with E-state index in [1.54, 1.807) is 0 Å². The molecule has 0 radical (unpaired) electrons. The molecule has 0 spiro atoms. The fraction of sp³-hybridized carbons (Fsp3) is 0.923. The Bertz CT molecular complexity index is 230. The highest BCUT2D eigenvalue weighted by molar-refractivity contribution is 5.78. The van der Waals surface area contributed by atoms with Crippen LogP contribution in [0.15, 0.2) is 0 Å². The molecule has 1 saturated carbocycles. The largest absolute Gasteiger partial charge is 0.376 e. The van der Waals surface area contributed by atoms with Crippen LogP contribution in [0.1, 0.15) is 45.4 Å². The number of amides is 1. The molecule has 0 aromatic heterocycles. The third-order valence-corrected chi connectivity index (χ3v) is 4.05. The second kappa shape index (κ2) is 5.67. The predicted molar refractivity (Wildman–Crippen MR) is 63.1 cm³/mol. The van der Waals surface area contributed by atoms with Gasteiger partial charge >= 0.3 is 0 Å². The highest BCUT2D eigenvalue weighted by atomic mass is 16.5. The van der Waals surface area contributed by atoms with Crippen molar-refractivity contribution in [1.82, 2.24) is 5.32 Å². The van der Waals surface area contributed by atoms with Gasteiger partial charge in [-0.15, -0.1) is 0 Å². The maximum absolute atomic E-state index is 11.9. The standard InChI is InChI=1S/C13H23NO2/c1-10(11-5-2-3-6-11)13(15)14-9-12-7-4-8-16-12/h10-12H,2-9H2,1H3,(H,14,15). The zero-order chi connectivity index (χ0) is 11.4. The van der Waals surface area contributed by atoms with E-state index in [1.165, 1.54) is 25.7 Å². The molecule has 2 fully saturated rings. The van der Waals surface area contributed by atoms with E-state index in [9.17, 15) is 4.79 Å². The Hall–Kier alpha value is -0.570. The Morgan fingerprint density at radius 2 is 2.06 bits per heavy atom. The molecule has 92 valence electrons. The van der Waals surface area contributed by atoms with Crippen LogP contribution in [0.3, 0.4) is 0 Å². The van der Waals surface area contributed by atoms with Gasteiger partial charge in [-0.3, -0.25) is 4.79 Å². The molecule has 16 heavy (non-hydrogen) atoms. The van der Waals surface area contributed by atoms with E-state index in [0.717, 1.165) is 19.4 Å². The summed E-state index contributed by atoms with van der Waals surface area (Å²) < 4.78 is 5.49. The average Bonchev–Trinajstić information content (AvgIpc) is 2.96. The molecule has 1 N–H and O–H groups in total. The van der Waals surface area contributed by atoms with Crippen molar-refractivity contribution in [3.63, 3.8) is 0 Å². The first-order valence-corrected chi connectivity index (χ1v) is 6.66. The molecule has 1 aliphatic heterocycles. The maximum atomic E-state index is 11.9. The number of nitrogens with one attached hydrogen (secondary N) is 1. The van der Waals surface area contributed by atoms with E-state index in [0.29, 0.717) is 12.5 Å². The van der Waals surface area contributed by atoms with E-state index in [4.69, 9.17) is 4.74 Å². The van der Waals surface area contributed by atoms with Crippen molar-refractivity contribution in [1.29, 1.82) is 0 Å². The van der Waals surface area contributed by atoms with E-state index >= 15 is 0 Å². The Kier molecular flexibility index (Phi) is 4.22. The van der Waals surface area contributed by atoms with Gasteiger partial charge in [0.1, 0.15) is 0 Å². The number of carbonyl (C=O) groups is 1. The monoisotopic (exact) mass is 225 g/mol. The summed E-state index contributed by atoms with van der Waals surface area (Å²) in [6.07, 6.45) is 7.56. The molecule has 1 aliphatic carbocycles. The minimum absolute atomic E-state index is 0.184. The third kappa shape index (κ3) is 2.97. The van der Waals surface area contributed by atoms with Gasteiger partial charge in [-0.25, -0.2) is 0 Å². The lowest BCUT2D eigenvalue weighted by molar-refractivity contribution is -0.126. The summed E-state index contributed by atoms with van der Waals surface area (Å²) in [5.41, 5.74) is 0. The van der Waals surface area contributed by atoms with Crippen molar-refractivity contribution in [2.75, 3.05) is 13.2 Å². The zero-order valence-electron chi connectivity index (χ0n) is 10.2. The molecule has 0 aromatic rings. The van der Waals surface area contributed by atoms with Gasteiger partial charge in [-0.2, -0.15) is 0 Å². The van der Waals surface area contributed by atoms with Crippen molar-refractivity contribution in [2.24, 2.45) is 11.8 Å². The molecule has 2 rings (SSSR count). The van der Waals surface area contributed by atoms with Gasteiger partial charge in [0.2, 0.25) is 5.91 Å². The predicted octanol–water partition coefficient (Wildman–Crippen LogP) is 2.11. The summed E-state index contributed by atoms with van der Waals surface area (Å²) >= 11 is 0. The molecule has 0 bridgehead atoms. The number of ether oxygens (including phenoxy) is 1. The summed E-state index contributed by atoms with van der Waals surface area (Å²) in [7, 11) is 0. The lowest BCUT2D eigenvalue weighted by atomic mass is 9.92. The highest BCUT2D eigenvalue weighted by Crippen LogP contribution is 2.31. The normalized spacial score (nSPS) is 28.2. The summed E-state index contributed by atoms with van der Waals surface area (Å²) in [5.74, 6) is 1.02. The molecule has 2 unspecified atom stereocenters. The molecule has 3 heteroatoms. The third-order valence-electron chi connectivity index (χ3n) is 4.05. The fourth-order valence-corrected chi connectivity index (χ4v) is 2.85. The maximum Gasteiger partial charge on any atom is 0.223 e. The first-order chi connectivity index (χ1) is 7.77. The number of carbonyl (C=O) groups excluding carboxylic acids is 1. The van der Waals surface area contributed by atoms with E-state index < -0.39 is 0 Å². The van der Waals surface area contributed by atoms with Gasteiger partial charge in [-0.05, 0) is 31.6 Å². The van der Waals surface area contributed by atoms with Crippen LogP contribution >= 0.6 is 0 Å². The zero-order valence-corrected chi connectivity index (χ0v) is 10.2. The number of rotatable bonds is 4. The molecule has 1 saturated heterocycles. The van der Waals surface area contributed by atoms with Gasteiger partial charge in [0, 0.05) is 19.1 Å². The van der Waals surface area contributed by atoms with Gasteiger partial charge in [0.05, 0.1) is 6.10 Å². The SMILES string of the molecule is CC(C(=O)NCC1CCCO1)C1CCCC1. The van der Waals surface area contributed by atoms with Crippen LogP contribution in [-0.2, 0) is 9.53 Å². The summed E-state index contributed by atoms with van der Waals surface area (Å²) in [4.78, 5) is 11.9. The van der Waals surface area contributed by atoms with Gasteiger partial charge < -0.3 is 10.1 Å². The second-order valence-corrected chi connectivity index (χ2v) is 5.21. The van der Waals surface area contributed by atoms with Crippen molar-refractivity contribution in [3.8, 4) is 0 Å². The summed E-state index contributed by atoms with van der Waals surface area (Å²) in [6, 6.07) is 0. The molecule has 1 heterocycles. The Balaban J connectivity index is 1.69. The van der Waals surface area contributed by atoms with Crippen molar-refractivity contribution in [2.45, 2.75) is 51.6 Å². The van der Waals surface area contributed by atoms with Crippen LogP contribution in [-0.4, -0.2) is 25.2 Å². The molecule has 2 atom stereocenters. The van der Waals surface area contributed by atoms with Crippen LogP contribution in [0, 0.1) is 11.8 Å². The summed E-state index contributed by atoms with van der Waals surface area (Å²) in [5, 5.41) is 3.04. The molecule has 3 nitrogen and oxygen atoms in total. The van der Waals surface area contributed by atoms with Crippen LogP contribution in [0.5, 0.6) is 0 Å². The van der Waals surface area contributed by atoms with Crippen molar-refractivity contribution >= 4 is 5.91 Å². The van der Waals surface area contributed by atoms with Crippen LogP contribution in [0.2, 0.25) is 0 Å². The first-order valence-electron chi connectivity index (χ1n) is 6.66. The number of hydrogen-bond donors (Lipinski definition) is 1. The van der Waals surface area contributed by atoms with Crippen LogP contribution < -0.4 is 5.32 Å². The molecular weight excluding hydrogens is 202 g/mol. The summed E-state index contributed by atoms with van der Waals surface area (Å²) in [6.45, 7) is 3.63. The van der Waals surface area contributed by atoms with Gasteiger partial charge in [0.15, 0.2) is 0 Å². The minimum Gasteiger partial charge on any atom is -0.376 e. The van der Waals surface area contributed by atoms with E-state index in [1.807, 2.05) is 0 Å².